The Balaban J connectivity index is 2.18. The highest BCUT2D eigenvalue weighted by molar-refractivity contribution is 7.99. The predicted octanol–water partition coefficient (Wildman–Crippen LogP) is 2.18. The molecule has 1 amide bonds. The molecule has 0 aliphatic rings. The lowest BCUT2D eigenvalue weighted by atomic mass is 10.3. The maximum absolute atomic E-state index is 11.9. The Hall–Kier alpha value is -2.42. The van der Waals surface area contributed by atoms with Crippen molar-refractivity contribution >= 4 is 23.5 Å². The van der Waals surface area contributed by atoms with Crippen LogP contribution >= 0.6 is 11.8 Å². The van der Waals surface area contributed by atoms with Gasteiger partial charge in [-0.3, -0.25) is 10.1 Å². The van der Waals surface area contributed by atoms with Crippen molar-refractivity contribution in [3.8, 4) is 0 Å². The first-order chi connectivity index (χ1) is 9.88. The smallest absolute Gasteiger partial charge is 0.329 e. The zero-order chi connectivity index (χ0) is 15.6. The fourth-order valence-electron chi connectivity index (χ4n) is 1.52. The number of carbonyl (C=O) groups excluding carboxylic acids is 1. The molecular weight excluding hydrogens is 294 g/mol. The predicted molar refractivity (Wildman–Crippen MR) is 76.5 cm³/mol. The number of aryl methyl sites for hydroxylation is 1. The molecule has 0 saturated heterocycles. The molecule has 0 aliphatic carbocycles. The van der Waals surface area contributed by atoms with Crippen LogP contribution in [0.3, 0.4) is 0 Å². The third-order valence-corrected chi connectivity index (χ3v) is 3.43. The van der Waals surface area contributed by atoms with Gasteiger partial charge in [0.05, 0.1) is 4.92 Å². The fraction of sp³-hybridized carbons (Fsp3) is 0.250. The van der Waals surface area contributed by atoms with Crippen LogP contribution in [0.25, 0.3) is 0 Å². The van der Waals surface area contributed by atoms with Crippen LogP contribution in [0, 0.1) is 17.0 Å². The van der Waals surface area contributed by atoms with Crippen molar-refractivity contribution in [3.05, 3.63) is 40.2 Å². The Morgan fingerprint density at radius 2 is 1.95 bits per heavy atom. The van der Waals surface area contributed by atoms with E-state index in [-0.39, 0.29) is 11.7 Å². The summed E-state index contributed by atoms with van der Waals surface area (Å²) < 4.78 is 1.22. The molecule has 2 aromatic rings. The molecule has 0 bridgehead atoms. The number of nitro benzene ring substituents is 1. The number of nitro groups is 1. The van der Waals surface area contributed by atoms with Crippen LogP contribution in [0.1, 0.15) is 5.82 Å². The van der Waals surface area contributed by atoms with Gasteiger partial charge in [0.15, 0.2) is 0 Å². The van der Waals surface area contributed by atoms with Crippen LogP contribution in [0.15, 0.2) is 34.3 Å². The van der Waals surface area contributed by atoms with E-state index in [0.29, 0.717) is 11.0 Å². The topological polar surface area (TPSA) is 94.2 Å². The number of non-ortho nitro benzene ring substituents is 1. The maximum Gasteiger partial charge on any atom is 0.345 e. The molecule has 0 fully saturated rings. The van der Waals surface area contributed by atoms with Gasteiger partial charge in [-0.05, 0) is 30.8 Å². The molecule has 1 aromatic carbocycles. The molecule has 0 N–H and O–H groups in total. The van der Waals surface area contributed by atoms with Gasteiger partial charge in [0, 0.05) is 31.1 Å². The molecule has 1 heterocycles. The Morgan fingerprint density at radius 1 is 1.33 bits per heavy atom. The van der Waals surface area contributed by atoms with E-state index in [1.54, 1.807) is 33.2 Å². The number of aromatic nitrogens is 3. The van der Waals surface area contributed by atoms with Crippen LogP contribution in [0.2, 0.25) is 0 Å². The van der Waals surface area contributed by atoms with Crippen LogP contribution in [0.5, 0.6) is 0 Å². The van der Waals surface area contributed by atoms with Gasteiger partial charge in [-0.2, -0.15) is 4.68 Å². The lowest BCUT2D eigenvalue weighted by molar-refractivity contribution is -0.384. The minimum Gasteiger partial charge on any atom is -0.329 e. The van der Waals surface area contributed by atoms with E-state index in [0.717, 1.165) is 4.90 Å². The lowest BCUT2D eigenvalue weighted by Crippen LogP contribution is -2.29. The molecule has 2 rings (SSSR count). The van der Waals surface area contributed by atoms with Gasteiger partial charge in [0.25, 0.3) is 5.69 Å². The van der Waals surface area contributed by atoms with E-state index in [2.05, 4.69) is 10.1 Å². The van der Waals surface area contributed by atoms with Gasteiger partial charge in [-0.15, -0.1) is 5.10 Å². The largest absolute Gasteiger partial charge is 0.345 e. The number of nitrogens with zero attached hydrogens (tertiary/aromatic N) is 5. The third kappa shape index (κ3) is 3.37. The summed E-state index contributed by atoms with van der Waals surface area (Å²) in [5, 5.41) is 15.1. The summed E-state index contributed by atoms with van der Waals surface area (Å²) in [7, 11) is 3.26. The number of carbonyl (C=O) groups is 1. The van der Waals surface area contributed by atoms with E-state index in [1.165, 1.54) is 33.5 Å². The summed E-state index contributed by atoms with van der Waals surface area (Å²) in [5.74, 6) is 0.484. The maximum atomic E-state index is 11.9. The summed E-state index contributed by atoms with van der Waals surface area (Å²) in [6, 6.07) is 5.78. The summed E-state index contributed by atoms with van der Waals surface area (Å²) >= 11 is 1.24. The number of hydrogen-bond donors (Lipinski definition) is 0. The van der Waals surface area contributed by atoms with Gasteiger partial charge < -0.3 is 4.90 Å². The quantitative estimate of drug-likeness (QED) is 0.637. The summed E-state index contributed by atoms with van der Waals surface area (Å²) in [5.41, 5.74) is 0.0248. The monoisotopic (exact) mass is 307 g/mol. The average molecular weight is 307 g/mol. The molecule has 0 radical (unpaired) electrons. The number of benzene rings is 1. The highest BCUT2D eigenvalue weighted by Gasteiger charge is 2.15. The van der Waals surface area contributed by atoms with Crippen molar-refractivity contribution in [2.24, 2.45) is 0 Å². The van der Waals surface area contributed by atoms with Crippen molar-refractivity contribution in [1.82, 2.24) is 19.7 Å². The van der Waals surface area contributed by atoms with Crippen LogP contribution in [-0.2, 0) is 0 Å². The molecule has 0 unspecified atom stereocenters. The van der Waals surface area contributed by atoms with E-state index in [9.17, 15) is 14.9 Å². The van der Waals surface area contributed by atoms with Crippen LogP contribution < -0.4 is 0 Å². The van der Waals surface area contributed by atoms with Gasteiger partial charge in [-0.1, -0.05) is 0 Å². The number of rotatable bonds is 3. The van der Waals surface area contributed by atoms with Crippen molar-refractivity contribution in [1.29, 1.82) is 0 Å². The molecule has 21 heavy (non-hydrogen) atoms. The first kappa shape index (κ1) is 15.0. The summed E-state index contributed by atoms with van der Waals surface area (Å²) in [6.45, 7) is 1.69. The summed E-state index contributed by atoms with van der Waals surface area (Å²) in [6.07, 6.45) is 0. The summed E-state index contributed by atoms with van der Waals surface area (Å²) in [4.78, 5) is 28.3. The van der Waals surface area contributed by atoms with E-state index in [1.807, 2.05) is 0 Å². The third-order valence-electron chi connectivity index (χ3n) is 2.57. The van der Waals surface area contributed by atoms with Crippen LogP contribution in [0.4, 0.5) is 10.5 Å². The standard InChI is InChI=1S/C12H13N5O3S/c1-8-13-11(14-16(8)12(18)15(2)3)21-10-6-4-9(5-7-10)17(19)20/h4-7H,1-3H3. The first-order valence-corrected chi connectivity index (χ1v) is 6.78. The second-order valence-corrected chi connectivity index (χ2v) is 5.42. The van der Waals surface area contributed by atoms with Crippen molar-refractivity contribution < 1.29 is 9.72 Å². The first-order valence-electron chi connectivity index (χ1n) is 5.96. The van der Waals surface area contributed by atoms with Gasteiger partial charge >= 0.3 is 6.03 Å². The lowest BCUT2D eigenvalue weighted by Gasteiger charge is -2.09. The van der Waals surface area contributed by atoms with Gasteiger partial charge in [0.2, 0.25) is 5.16 Å². The fourth-order valence-corrected chi connectivity index (χ4v) is 2.30. The Bertz CT molecular complexity index is 681. The van der Waals surface area contributed by atoms with Crippen molar-refractivity contribution in [2.45, 2.75) is 17.0 Å². The second kappa shape index (κ2) is 5.92. The SMILES string of the molecule is Cc1nc(Sc2ccc([N+](=O)[O-])cc2)nn1C(=O)N(C)C. The molecule has 110 valence electrons. The molecule has 8 nitrogen and oxygen atoms in total. The minimum absolute atomic E-state index is 0.0248. The highest BCUT2D eigenvalue weighted by atomic mass is 32.2. The molecule has 0 saturated carbocycles. The molecular formula is C12H13N5O3S. The Morgan fingerprint density at radius 3 is 2.48 bits per heavy atom. The molecule has 0 spiro atoms. The number of hydrogen-bond acceptors (Lipinski definition) is 6. The number of amides is 1. The molecule has 0 aliphatic heterocycles. The zero-order valence-corrected chi connectivity index (χ0v) is 12.5. The normalized spacial score (nSPS) is 10.4. The molecule has 9 heteroatoms. The van der Waals surface area contributed by atoms with Crippen molar-refractivity contribution in [3.63, 3.8) is 0 Å². The zero-order valence-electron chi connectivity index (χ0n) is 11.7. The van der Waals surface area contributed by atoms with Crippen molar-refractivity contribution in [2.75, 3.05) is 14.1 Å². The minimum atomic E-state index is -0.457. The Labute approximate surface area is 124 Å². The van der Waals surface area contributed by atoms with E-state index < -0.39 is 4.92 Å². The van der Waals surface area contributed by atoms with E-state index >= 15 is 0 Å². The second-order valence-electron chi connectivity index (χ2n) is 4.38. The van der Waals surface area contributed by atoms with E-state index in [4.69, 9.17) is 0 Å². The average Bonchev–Trinajstić information content (AvgIpc) is 2.79. The Kier molecular flexibility index (Phi) is 4.22. The van der Waals surface area contributed by atoms with Gasteiger partial charge in [0.1, 0.15) is 5.82 Å². The molecule has 0 atom stereocenters. The van der Waals surface area contributed by atoms with Crippen LogP contribution in [-0.4, -0.2) is 44.7 Å². The highest BCUT2D eigenvalue weighted by Crippen LogP contribution is 2.26. The molecule has 1 aromatic heterocycles. The van der Waals surface area contributed by atoms with Gasteiger partial charge in [-0.25, -0.2) is 9.78 Å².